The van der Waals surface area contributed by atoms with Crippen LogP contribution in [0.2, 0.25) is 0 Å². The number of aromatic hydroxyl groups is 1. The molecule has 4 N–H and O–H groups in total. The van der Waals surface area contributed by atoms with Crippen molar-refractivity contribution in [2.24, 2.45) is 0 Å². The van der Waals surface area contributed by atoms with Crippen molar-refractivity contribution in [1.82, 2.24) is 0 Å². The van der Waals surface area contributed by atoms with Crippen molar-refractivity contribution in [3.8, 4) is 11.5 Å². The zero-order valence-electron chi connectivity index (χ0n) is 16.0. The normalized spacial score (nSPS) is 11.3. The van der Waals surface area contributed by atoms with Gasteiger partial charge in [0.15, 0.2) is 12.4 Å². The number of carboxylic acids is 1. The minimum atomic E-state index is -4.77. The summed E-state index contributed by atoms with van der Waals surface area (Å²) >= 11 is 0. The number of aryl methyl sites for hydroxylation is 1. The van der Waals surface area contributed by atoms with Crippen LogP contribution in [-0.2, 0) is 14.9 Å². The van der Waals surface area contributed by atoms with Gasteiger partial charge in [0.2, 0.25) is 0 Å². The fraction of sp³-hybridized carbons (Fsp3) is 0.263. The van der Waals surface area contributed by atoms with Crippen LogP contribution in [-0.4, -0.2) is 41.7 Å². The molecule has 0 aromatic heterocycles. The number of benzene rings is 2. The summed E-state index contributed by atoms with van der Waals surface area (Å²) in [7, 11) is -4.77. The number of carbonyl (C=O) groups is 2. The minimum Gasteiger partial charge on any atom is -0.505 e. The monoisotopic (exact) mass is 423 g/mol. The number of carboxylic acid groups (broad SMARTS) is 1. The molecule has 0 heterocycles. The SMILES string of the molecule is Cc1ccc(C(C)C)c(OCC(=O)Nc2cc(S(=O)(=O)O)cc(C(=O)O)c2O)c1. The molecular weight excluding hydrogens is 402 g/mol. The van der Waals surface area contributed by atoms with Gasteiger partial charge >= 0.3 is 5.97 Å². The quantitative estimate of drug-likeness (QED) is 0.392. The molecule has 0 saturated carbocycles. The number of anilines is 1. The van der Waals surface area contributed by atoms with Gasteiger partial charge in [-0.05, 0) is 42.2 Å². The third-order valence-electron chi connectivity index (χ3n) is 4.04. The van der Waals surface area contributed by atoms with Gasteiger partial charge in [-0.3, -0.25) is 9.35 Å². The fourth-order valence-electron chi connectivity index (χ4n) is 2.59. The molecule has 0 bridgehead atoms. The Balaban J connectivity index is 2.27. The lowest BCUT2D eigenvalue weighted by Gasteiger charge is -2.15. The van der Waals surface area contributed by atoms with E-state index < -0.39 is 50.5 Å². The van der Waals surface area contributed by atoms with Crippen molar-refractivity contribution in [1.29, 1.82) is 0 Å². The van der Waals surface area contributed by atoms with Gasteiger partial charge in [-0.2, -0.15) is 8.42 Å². The van der Waals surface area contributed by atoms with Crippen LogP contribution in [0.4, 0.5) is 5.69 Å². The Bertz CT molecular complexity index is 1060. The highest BCUT2D eigenvalue weighted by Crippen LogP contribution is 2.32. The Kier molecular flexibility index (Phi) is 6.50. The number of hydrogen-bond acceptors (Lipinski definition) is 6. The lowest BCUT2D eigenvalue weighted by Crippen LogP contribution is -2.21. The molecule has 0 spiro atoms. The maximum absolute atomic E-state index is 12.2. The zero-order chi connectivity index (χ0) is 21.9. The van der Waals surface area contributed by atoms with Crippen LogP contribution in [0, 0.1) is 6.92 Å². The van der Waals surface area contributed by atoms with E-state index in [1.807, 2.05) is 32.9 Å². The molecule has 0 aliphatic heterocycles. The molecule has 2 rings (SSSR count). The molecule has 2 aromatic rings. The number of carbonyl (C=O) groups excluding carboxylic acids is 1. The van der Waals surface area contributed by atoms with Crippen molar-refractivity contribution in [2.45, 2.75) is 31.6 Å². The minimum absolute atomic E-state index is 0.141. The first-order valence-electron chi connectivity index (χ1n) is 8.51. The van der Waals surface area contributed by atoms with Gasteiger partial charge < -0.3 is 20.3 Å². The average molecular weight is 423 g/mol. The maximum atomic E-state index is 12.2. The number of nitrogens with one attached hydrogen (secondary N) is 1. The lowest BCUT2D eigenvalue weighted by atomic mass is 10.0. The summed E-state index contributed by atoms with van der Waals surface area (Å²) in [4.78, 5) is 22.7. The average Bonchev–Trinajstić information content (AvgIpc) is 2.60. The standard InChI is InChI=1S/C19H21NO8S/c1-10(2)13-5-4-11(3)6-16(13)28-9-17(21)20-15-8-12(29(25,26)27)7-14(18(15)22)19(23)24/h4-8,10,22H,9H2,1-3H3,(H,20,21)(H,23,24)(H,25,26,27). The summed E-state index contributed by atoms with van der Waals surface area (Å²) in [6.45, 7) is 5.32. The van der Waals surface area contributed by atoms with Crippen molar-refractivity contribution < 1.29 is 37.5 Å². The Morgan fingerprint density at radius 3 is 2.38 bits per heavy atom. The van der Waals surface area contributed by atoms with E-state index in [4.69, 9.17) is 14.4 Å². The molecule has 1 amide bonds. The summed E-state index contributed by atoms with van der Waals surface area (Å²) in [5, 5.41) is 21.3. The molecule has 0 fully saturated rings. The lowest BCUT2D eigenvalue weighted by molar-refractivity contribution is -0.118. The summed E-state index contributed by atoms with van der Waals surface area (Å²) < 4.78 is 37.4. The Morgan fingerprint density at radius 2 is 1.83 bits per heavy atom. The second-order valence-corrected chi connectivity index (χ2v) is 8.10. The molecule has 0 saturated heterocycles. The number of phenols is 1. The van der Waals surface area contributed by atoms with Gasteiger partial charge in [0.05, 0.1) is 10.6 Å². The highest BCUT2D eigenvalue weighted by Gasteiger charge is 2.22. The number of aromatic carboxylic acids is 1. The predicted molar refractivity (Wildman–Crippen MR) is 104 cm³/mol. The van der Waals surface area contributed by atoms with Crippen LogP contribution in [0.3, 0.4) is 0 Å². The van der Waals surface area contributed by atoms with Crippen molar-refractivity contribution in [3.05, 3.63) is 47.0 Å². The summed E-state index contributed by atoms with van der Waals surface area (Å²) in [5.41, 5.74) is 0.527. The number of rotatable bonds is 7. The molecule has 2 aromatic carbocycles. The van der Waals surface area contributed by atoms with Crippen LogP contribution in [0.1, 0.15) is 41.3 Å². The van der Waals surface area contributed by atoms with Crippen LogP contribution in [0.5, 0.6) is 11.5 Å². The van der Waals surface area contributed by atoms with E-state index in [2.05, 4.69) is 5.32 Å². The fourth-order valence-corrected chi connectivity index (χ4v) is 3.12. The van der Waals surface area contributed by atoms with Gasteiger partial charge in [-0.15, -0.1) is 0 Å². The maximum Gasteiger partial charge on any atom is 0.339 e. The molecule has 0 atom stereocenters. The van der Waals surface area contributed by atoms with Crippen LogP contribution < -0.4 is 10.1 Å². The highest BCUT2D eigenvalue weighted by molar-refractivity contribution is 7.85. The Hall–Kier alpha value is -3.11. The Labute approximate surface area is 167 Å². The molecular formula is C19H21NO8S. The molecule has 29 heavy (non-hydrogen) atoms. The van der Waals surface area contributed by atoms with E-state index in [0.29, 0.717) is 11.8 Å². The Morgan fingerprint density at radius 1 is 1.17 bits per heavy atom. The molecule has 10 heteroatoms. The van der Waals surface area contributed by atoms with Crippen LogP contribution in [0.15, 0.2) is 35.2 Å². The number of hydrogen-bond donors (Lipinski definition) is 4. The highest BCUT2D eigenvalue weighted by atomic mass is 32.2. The van der Waals surface area contributed by atoms with E-state index >= 15 is 0 Å². The van der Waals surface area contributed by atoms with E-state index in [1.165, 1.54) is 0 Å². The van der Waals surface area contributed by atoms with E-state index in [-0.39, 0.29) is 5.92 Å². The molecule has 0 unspecified atom stereocenters. The van der Waals surface area contributed by atoms with Crippen LogP contribution >= 0.6 is 0 Å². The van der Waals surface area contributed by atoms with Crippen molar-refractivity contribution in [2.75, 3.05) is 11.9 Å². The first-order chi connectivity index (χ1) is 13.4. The van der Waals surface area contributed by atoms with E-state index in [9.17, 15) is 23.1 Å². The number of ether oxygens (including phenoxy) is 1. The molecule has 156 valence electrons. The van der Waals surface area contributed by atoms with E-state index in [1.54, 1.807) is 6.07 Å². The first kappa shape index (κ1) is 22.2. The summed E-state index contributed by atoms with van der Waals surface area (Å²) in [6.07, 6.45) is 0. The molecule has 0 aliphatic rings. The van der Waals surface area contributed by atoms with Crippen molar-refractivity contribution in [3.63, 3.8) is 0 Å². The second-order valence-electron chi connectivity index (χ2n) is 6.68. The smallest absolute Gasteiger partial charge is 0.339 e. The first-order valence-corrected chi connectivity index (χ1v) is 9.95. The van der Waals surface area contributed by atoms with Gasteiger partial charge in [0.1, 0.15) is 11.3 Å². The predicted octanol–water partition coefficient (Wildman–Crippen LogP) is 2.79. The third kappa shape index (κ3) is 5.46. The largest absolute Gasteiger partial charge is 0.505 e. The number of amides is 1. The topological polar surface area (TPSA) is 150 Å². The molecule has 9 nitrogen and oxygen atoms in total. The van der Waals surface area contributed by atoms with Crippen molar-refractivity contribution >= 4 is 27.7 Å². The van der Waals surface area contributed by atoms with E-state index in [0.717, 1.165) is 17.2 Å². The zero-order valence-corrected chi connectivity index (χ0v) is 16.8. The van der Waals surface area contributed by atoms with Crippen LogP contribution in [0.25, 0.3) is 0 Å². The third-order valence-corrected chi connectivity index (χ3v) is 4.87. The molecule has 0 radical (unpaired) electrons. The molecule has 0 aliphatic carbocycles. The van der Waals surface area contributed by atoms with Gasteiger partial charge in [-0.25, -0.2) is 4.79 Å². The van der Waals surface area contributed by atoms with Gasteiger partial charge in [0, 0.05) is 0 Å². The summed E-state index contributed by atoms with van der Waals surface area (Å²) in [5.74, 6) is -2.61. The second kappa shape index (κ2) is 8.50. The van der Waals surface area contributed by atoms with Gasteiger partial charge in [-0.1, -0.05) is 26.0 Å². The summed E-state index contributed by atoms with van der Waals surface area (Å²) in [6, 6.07) is 6.89. The van der Waals surface area contributed by atoms with Gasteiger partial charge in [0.25, 0.3) is 16.0 Å².